The van der Waals surface area contributed by atoms with Crippen LogP contribution in [0.3, 0.4) is 0 Å². The van der Waals surface area contributed by atoms with E-state index in [0.29, 0.717) is 50.0 Å². The molecular formula is C41H30N4O2Pt-2. The van der Waals surface area contributed by atoms with E-state index in [0.717, 1.165) is 51.5 Å². The number of ether oxygens (including phenoxy) is 2. The molecule has 0 N–H and O–H groups in total. The Morgan fingerprint density at radius 3 is 2.56 bits per heavy atom. The summed E-state index contributed by atoms with van der Waals surface area (Å²) < 4.78 is 68.1. The van der Waals surface area contributed by atoms with Crippen LogP contribution in [0.15, 0.2) is 109 Å². The molecular weight excluding hydrogens is 776 g/mol. The first-order valence-electron chi connectivity index (χ1n) is 18.6. The Hall–Kier alpha value is -5.19. The summed E-state index contributed by atoms with van der Waals surface area (Å²) in [6.07, 6.45) is 3.45. The van der Waals surface area contributed by atoms with E-state index in [-0.39, 0.29) is 5.56 Å². The molecule has 4 heterocycles. The molecule has 1 aliphatic heterocycles. The summed E-state index contributed by atoms with van der Waals surface area (Å²) in [5.74, 6) is 2.03. The summed E-state index contributed by atoms with van der Waals surface area (Å²) in [6, 6.07) is 38.6. The van der Waals surface area contributed by atoms with Crippen LogP contribution in [0.1, 0.15) is 25.8 Å². The summed E-state index contributed by atoms with van der Waals surface area (Å²) in [5.41, 5.74) is 5.98. The molecule has 3 aromatic heterocycles. The fourth-order valence-electron chi connectivity index (χ4n) is 6.57. The number of pyridine rings is 1. The van der Waals surface area contributed by atoms with E-state index in [4.69, 9.17) is 22.7 Å². The summed E-state index contributed by atoms with van der Waals surface area (Å²) >= 11 is 2.03. The number of para-hydroxylation sites is 2. The minimum Gasteiger partial charge on any atom is -0.493 e. The third-order valence-corrected chi connectivity index (χ3v) is 9.82. The SMILES string of the molecule is [2H]C([2H])([2H])c1cc(-n2c3[c-]c(Oc4[c-]c(-n5[c](=[Pt])n(C([2H])([2H])[2H])c6ccccc65)ccc4)ccc3c3cc4c(cc32)OCCC4)ncc1-c1ccccc1. The van der Waals surface area contributed by atoms with Crippen molar-refractivity contribution in [2.24, 2.45) is 6.98 Å². The molecule has 6 nitrogen and oxygen atoms in total. The number of rotatable bonds is 5. The smallest absolute Gasteiger partial charge is 0.493 e. The molecule has 0 amide bonds. The summed E-state index contributed by atoms with van der Waals surface area (Å²) in [5, 5.41) is 1.86. The molecule has 7 heteroatoms. The number of imidazole rings is 1. The standard InChI is InChI=1S/C41H30N4O2.Pt/c1-27-20-41(42-25-35(27)28-10-4-3-5-11-28)45-38-23-32(17-18-33(38)34-21-29-12-9-19-46-40(29)24-39(34)45)47-31-14-8-13-30(22-31)44-26-43(2)36-15-6-7-16-37(36)44;/h3-8,10-11,13-18,20-21,24-25H,9,12,19H2,1-2H3;/q-2;/i1D3,2D3;. The molecule has 0 bridgehead atoms. The monoisotopic (exact) mass is 811 g/mol. The summed E-state index contributed by atoms with van der Waals surface area (Å²) in [7, 11) is 0. The molecule has 8 aromatic rings. The predicted octanol–water partition coefficient (Wildman–Crippen LogP) is 9.23. The van der Waals surface area contributed by atoms with Gasteiger partial charge in [0.2, 0.25) is 0 Å². The molecule has 5 aromatic carbocycles. The van der Waals surface area contributed by atoms with Crippen LogP contribution >= 0.6 is 0 Å². The Morgan fingerprint density at radius 2 is 1.69 bits per heavy atom. The van der Waals surface area contributed by atoms with Gasteiger partial charge in [-0.3, -0.25) is 0 Å². The van der Waals surface area contributed by atoms with E-state index in [1.807, 2.05) is 107 Å². The number of aromatic nitrogens is 4. The van der Waals surface area contributed by atoms with Gasteiger partial charge in [0.15, 0.2) is 0 Å². The maximum atomic E-state index is 8.48. The van der Waals surface area contributed by atoms with E-state index < -0.39 is 13.8 Å². The molecule has 238 valence electrons. The molecule has 0 saturated heterocycles. The second kappa shape index (κ2) is 11.5. The first-order chi connectivity index (χ1) is 26.0. The van der Waals surface area contributed by atoms with Crippen molar-refractivity contribution in [1.82, 2.24) is 18.7 Å². The summed E-state index contributed by atoms with van der Waals surface area (Å²) in [6.45, 7) is -4.17. The second-order valence-electron chi connectivity index (χ2n) is 11.7. The Kier molecular flexibility index (Phi) is 5.56. The van der Waals surface area contributed by atoms with E-state index in [9.17, 15) is 0 Å². The van der Waals surface area contributed by atoms with Gasteiger partial charge in [-0.1, -0.05) is 30.3 Å². The third kappa shape index (κ3) is 4.74. The van der Waals surface area contributed by atoms with Crippen molar-refractivity contribution in [1.29, 1.82) is 0 Å². The van der Waals surface area contributed by atoms with Crippen LogP contribution in [0.4, 0.5) is 0 Å². The molecule has 0 atom stereocenters. The van der Waals surface area contributed by atoms with E-state index in [1.165, 1.54) is 4.57 Å². The van der Waals surface area contributed by atoms with Gasteiger partial charge in [-0.05, 0) is 36.4 Å². The predicted molar refractivity (Wildman–Crippen MR) is 186 cm³/mol. The number of hydrogen-bond donors (Lipinski definition) is 0. The first-order valence-corrected chi connectivity index (χ1v) is 16.7. The average Bonchev–Trinajstić information content (AvgIpc) is 3.64. The Labute approximate surface area is 297 Å². The van der Waals surface area contributed by atoms with Crippen molar-refractivity contribution in [3.05, 3.63) is 136 Å². The molecule has 0 saturated carbocycles. The van der Waals surface area contributed by atoms with Crippen LogP contribution in [-0.2, 0) is 32.8 Å². The number of benzene rings is 5. The van der Waals surface area contributed by atoms with Gasteiger partial charge >= 0.3 is 198 Å². The van der Waals surface area contributed by atoms with Gasteiger partial charge in [0, 0.05) is 15.9 Å². The van der Waals surface area contributed by atoms with Gasteiger partial charge in [-0.2, -0.15) is 0 Å². The molecule has 0 unspecified atom stereocenters. The normalized spacial score (nSPS) is 15.2. The van der Waals surface area contributed by atoms with Gasteiger partial charge < -0.3 is 4.74 Å². The molecule has 0 spiro atoms. The Balaban J connectivity index is 1.19. The van der Waals surface area contributed by atoms with Gasteiger partial charge in [-0.15, -0.1) is 0 Å². The first kappa shape index (κ1) is 23.2. The average molecular weight is 812 g/mol. The second-order valence-corrected chi connectivity index (χ2v) is 12.7. The number of nitrogens with zero attached hydrogens (tertiary/aromatic N) is 4. The fraction of sp³-hybridized carbons (Fsp3) is 0.122. The Morgan fingerprint density at radius 1 is 0.833 bits per heavy atom. The van der Waals surface area contributed by atoms with Gasteiger partial charge in [0.25, 0.3) is 0 Å². The van der Waals surface area contributed by atoms with Crippen LogP contribution in [0.5, 0.6) is 17.2 Å². The molecule has 0 radical (unpaired) electrons. The minimum atomic E-state index is -2.41. The number of fused-ring (bicyclic) bond motifs is 5. The van der Waals surface area contributed by atoms with Crippen LogP contribution in [0.25, 0.3) is 55.5 Å². The van der Waals surface area contributed by atoms with Crippen molar-refractivity contribution in [3.8, 4) is 39.9 Å². The molecule has 0 fully saturated rings. The fourth-order valence-corrected chi connectivity index (χ4v) is 7.39. The minimum absolute atomic E-state index is 0.189. The maximum absolute atomic E-state index is 8.48. The zero-order valence-electron chi connectivity index (χ0n) is 31.4. The van der Waals surface area contributed by atoms with Gasteiger partial charge in [0.1, 0.15) is 5.75 Å². The molecule has 48 heavy (non-hydrogen) atoms. The Bertz CT molecular complexity index is 2820. The molecule has 0 aliphatic carbocycles. The zero-order valence-corrected chi connectivity index (χ0v) is 27.7. The van der Waals surface area contributed by atoms with Crippen LogP contribution in [-0.4, -0.2) is 25.3 Å². The van der Waals surface area contributed by atoms with Crippen molar-refractivity contribution >= 4 is 32.8 Å². The van der Waals surface area contributed by atoms with Gasteiger partial charge in [0.05, 0.1) is 6.61 Å². The molecule has 9 rings (SSSR count). The zero-order chi connectivity index (χ0) is 37.4. The number of aryl methyl sites for hydroxylation is 3. The number of hydrogen-bond acceptors (Lipinski definition) is 3. The van der Waals surface area contributed by atoms with E-state index in [2.05, 4.69) is 18.2 Å². The van der Waals surface area contributed by atoms with Crippen molar-refractivity contribution in [2.45, 2.75) is 19.7 Å². The van der Waals surface area contributed by atoms with Crippen LogP contribution < -0.4 is 9.47 Å². The third-order valence-electron chi connectivity index (χ3n) is 8.80. The quantitative estimate of drug-likeness (QED) is 0.163. The summed E-state index contributed by atoms with van der Waals surface area (Å²) in [4.78, 5) is 4.85. The van der Waals surface area contributed by atoms with Crippen LogP contribution in [0, 0.1) is 22.8 Å². The molecule has 1 aliphatic rings. The topological polar surface area (TPSA) is 46.1 Å². The van der Waals surface area contributed by atoms with E-state index in [1.54, 1.807) is 24.4 Å². The van der Waals surface area contributed by atoms with Crippen LogP contribution in [0.2, 0.25) is 0 Å². The van der Waals surface area contributed by atoms with E-state index >= 15 is 0 Å². The van der Waals surface area contributed by atoms with Gasteiger partial charge in [-0.25, -0.2) is 0 Å². The van der Waals surface area contributed by atoms with Crippen molar-refractivity contribution in [3.63, 3.8) is 0 Å². The van der Waals surface area contributed by atoms with Crippen molar-refractivity contribution in [2.75, 3.05) is 6.61 Å². The van der Waals surface area contributed by atoms with Crippen molar-refractivity contribution < 1.29 is 37.1 Å².